The van der Waals surface area contributed by atoms with Crippen LogP contribution in [0.4, 0.5) is 0 Å². The molecule has 0 atom stereocenters. The molecular weight excluding hydrogens is 276 g/mol. The highest BCUT2D eigenvalue weighted by atomic mass is 16.5. The highest BCUT2D eigenvalue weighted by Crippen LogP contribution is 2.12. The maximum absolute atomic E-state index is 11.7. The lowest BCUT2D eigenvalue weighted by Crippen LogP contribution is -2.11. The Morgan fingerprint density at radius 1 is 1.29 bits per heavy atom. The van der Waals surface area contributed by atoms with Gasteiger partial charge in [-0.3, -0.25) is 0 Å². The zero-order valence-electron chi connectivity index (χ0n) is 11.8. The van der Waals surface area contributed by atoms with Crippen molar-refractivity contribution < 1.29 is 19.4 Å². The number of rotatable bonds is 4. The summed E-state index contributed by atoms with van der Waals surface area (Å²) in [6.07, 6.45) is 1.20. The summed E-state index contributed by atoms with van der Waals surface area (Å²) in [7, 11) is 0. The lowest BCUT2D eigenvalue weighted by Gasteiger charge is -2.02. The second kappa shape index (κ2) is 5.70. The molecule has 0 saturated heterocycles. The van der Waals surface area contributed by atoms with Crippen molar-refractivity contribution in [1.29, 1.82) is 0 Å². The van der Waals surface area contributed by atoms with Gasteiger partial charge in [-0.15, -0.1) is 0 Å². The number of carbonyl (C=O) groups is 2. The van der Waals surface area contributed by atoms with E-state index in [1.54, 1.807) is 26.8 Å². The molecule has 0 aliphatic rings. The molecule has 0 saturated carbocycles. The first kappa shape index (κ1) is 14.6. The molecule has 0 spiro atoms. The Balaban J connectivity index is 2.53. The van der Waals surface area contributed by atoms with Crippen molar-refractivity contribution in [1.82, 2.24) is 19.7 Å². The van der Waals surface area contributed by atoms with E-state index in [0.717, 1.165) is 4.68 Å². The molecule has 0 aliphatic heterocycles. The predicted octanol–water partition coefficient (Wildman–Crippen LogP) is 1.15. The third kappa shape index (κ3) is 3.04. The maximum Gasteiger partial charge on any atom is 0.359 e. The van der Waals surface area contributed by atoms with Crippen molar-refractivity contribution in [3.63, 3.8) is 0 Å². The molecule has 8 heteroatoms. The van der Waals surface area contributed by atoms with Gasteiger partial charge in [-0.25, -0.2) is 24.2 Å². The first-order valence-corrected chi connectivity index (χ1v) is 6.25. The smallest absolute Gasteiger partial charge is 0.359 e. The highest BCUT2D eigenvalue weighted by molar-refractivity contribution is 6.00. The maximum atomic E-state index is 11.7. The summed E-state index contributed by atoms with van der Waals surface area (Å²) in [6.45, 7) is 5.32. The number of carbonyl (C=O) groups excluding carboxylic acids is 1. The highest BCUT2D eigenvalue weighted by Gasteiger charge is 2.24. The van der Waals surface area contributed by atoms with Crippen LogP contribution >= 0.6 is 0 Å². The molecule has 21 heavy (non-hydrogen) atoms. The number of aromatic carboxylic acids is 1. The zero-order valence-corrected chi connectivity index (χ0v) is 11.8. The predicted molar refractivity (Wildman–Crippen MR) is 71.5 cm³/mol. The molecule has 0 bridgehead atoms. The van der Waals surface area contributed by atoms with Crippen molar-refractivity contribution >= 4 is 11.9 Å². The summed E-state index contributed by atoms with van der Waals surface area (Å²) in [5.41, 5.74) is 0.897. The van der Waals surface area contributed by atoms with Crippen LogP contribution in [0.1, 0.15) is 39.2 Å². The van der Waals surface area contributed by atoms with Gasteiger partial charge in [0.2, 0.25) is 0 Å². The van der Waals surface area contributed by atoms with E-state index in [-0.39, 0.29) is 23.8 Å². The molecule has 0 fully saturated rings. The second-order valence-corrected chi connectivity index (χ2v) is 4.31. The van der Waals surface area contributed by atoms with Gasteiger partial charge >= 0.3 is 11.9 Å². The van der Waals surface area contributed by atoms with E-state index in [9.17, 15) is 9.59 Å². The van der Waals surface area contributed by atoms with Gasteiger partial charge in [0.25, 0.3) is 5.95 Å². The largest absolute Gasteiger partial charge is 0.478 e. The van der Waals surface area contributed by atoms with Gasteiger partial charge in [0.05, 0.1) is 6.61 Å². The topological polar surface area (TPSA) is 107 Å². The summed E-state index contributed by atoms with van der Waals surface area (Å²) in [6, 6.07) is 1.78. The minimum atomic E-state index is -1.27. The number of carboxylic acid groups (broad SMARTS) is 1. The normalized spacial score (nSPS) is 10.4. The van der Waals surface area contributed by atoms with Crippen LogP contribution in [0, 0.1) is 13.8 Å². The van der Waals surface area contributed by atoms with Gasteiger partial charge in [0, 0.05) is 17.6 Å². The fourth-order valence-corrected chi connectivity index (χ4v) is 1.79. The van der Waals surface area contributed by atoms with Crippen LogP contribution in [0.15, 0.2) is 12.3 Å². The Morgan fingerprint density at radius 2 is 1.90 bits per heavy atom. The van der Waals surface area contributed by atoms with Crippen LogP contribution in [0.3, 0.4) is 0 Å². The molecule has 2 heterocycles. The monoisotopic (exact) mass is 290 g/mol. The van der Waals surface area contributed by atoms with Gasteiger partial charge in [0.15, 0.2) is 5.69 Å². The van der Waals surface area contributed by atoms with Crippen LogP contribution in [0.2, 0.25) is 0 Å². The van der Waals surface area contributed by atoms with E-state index >= 15 is 0 Å². The number of carboxylic acids is 1. The van der Waals surface area contributed by atoms with Crippen molar-refractivity contribution in [2.24, 2.45) is 0 Å². The quantitative estimate of drug-likeness (QED) is 0.841. The number of esters is 1. The second-order valence-electron chi connectivity index (χ2n) is 4.31. The van der Waals surface area contributed by atoms with E-state index in [1.807, 2.05) is 0 Å². The first-order chi connectivity index (χ1) is 9.92. The number of aryl methyl sites for hydroxylation is 2. The number of hydrogen-bond donors (Lipinski definition) is 1. The lowest BCUT2D eigenvalue weighted by atomic mass is 10.2. The third-order valence-electron chi connectivity index (χ3n) is 2.59. The SMILES string of the molecule is CCOC(=O)c1nn(-c2nc(C)cc(C)n2)cc1C(=O)O. The Labute approximate surface area is 120 Å². The van der Waals surface area contributed by atoms with Gasteiger partial charge in [-0.1, -0.05) is 0 Å². The van der Waals surface area contributed by atoms with E-state index in [1.165, 1.54) is 6.20 Å². The Kier molecular flexibility index (Phi) is 3.97. The van der Waals surface area contributed by atoms with Crippen LogP contribution in [0.25, 0.3) is 5.95 Å². The molecule has 0 aliphatic carbocycles. The summed E-state index contributed by atoms with van der Waals surface area (Å²) in [5.74, 6) is -1.86. The molecule has 0 radical (unpaired) electrons. The Morgan fingerprint density at radius 3 is 2.43 bits per heavy atom. The third-order valence-corrected chi connectivity index (χ3v) is 2.59. The Hall–Kier alpha value is -2.77. The summed E-state index contributed by atoms with van der Waals surface area (Å²) >= 11 is 0. The number of aromatic nitrogens is 4. The molecule has 110 valence electrons. The molecule has 0 unspecified atom stereocenters. The van der Waals surface area contributed by atoms with Gasteiger partial charge < -0.3 is 9.84 Å². The molecule has 0 amide bonds. The van der Waals surface area contributed by atoms with Gasteiger partial charge in [-0.2, -0.15) is 5.10 Å². The number of nitrogens with zero attached hydrogens (tertiary/aromatic N) is 4. The van der Waals surface area contributed by atoms with Crippen molar-refractivity contribution in [3.8, 4) is 5.95 Å². The number of ether oxygens (including phenoxy) is 1. The van der Waals surface area contributed by atoms with E-state index in [2.05, 4.69) is 15.1 Å². The summed E-state index contributed by atoms with van der Waals surface area (Å²) in [4.78, 5) is 31.3. The van der Waals surface area contributed by atoms with Crippen molar-refractivity contribution in [2.75, 3.05) is 6.61 Å². The summed E-state index contributed by atoms with van der Waals surface area (Å²) in [5, 5.41) is 13.1. The van der Waals surface area contributed by atoms with Crippen molar-refractivity contribution in [3.05, 3.63) is 34.9 Å². The minimum absolute atomic E-state index is 0.130. The number of hydrogen-bond acceptors (Lipinski definition) is 6. The molecule has 2 aromatic rings. The molecule has 8 nitrogen and oxygen atoms in total. The summed E-state index contributed by atoms with van der Waals surface area (Å²) < 4.78 is 5.96. The van der Waals surface area contributed by atoms with Crippen LogP contribution in [0.5, 0.6) is 0 Å². The van der Waals surface area contributed by atoms with Gasteiger partial charge in [-0.05, 0) is 26.8 Å². The molecule has 0 aromatic carbocycles. The fourth-order valence-electron chi connectivity index (χ4n) is 1.79. The van der Waals surface area contributed by atoms with Crippen LogP contribution in [-0.2, 0) is 4.74 Å². The minimum Gasteiger partial charge on any atom is -0.478 e. The van der Waals surface area contributed by atoms with E-state index in [4.69, 9.17) is 9.84 Å². The molecule has 2 rings (SSSR count). The molecular formula is C13H14N4O4. The standard InChI is InChI=1S/C13H14N4O4/c1-4-21-12(20)10-9(11(18)19)6-17(16-10)13-14-7(2)5-8(3)15-13/h5-6H,4H2,1-3H3,(H,18,19). The van der Waals surface area contributed by atoms with Crippen molar-refractivity contribution in [2.45, 2.75) is 20.8 Å². The fraction of sp³-hybridized carbons (Fsp3) is 0.308. The zero-order chi connectivity index (χ0) is 15.6. The Bertz CT molecular complexity index is 688. The average Bonchev–Trinajstić information content (AvgIpc) is 2.83. The molecule has 1 N–H and O–H groups in total. The van der Waals surface area contributed by atoms with Crippen LogP contribution in [-0.4, -0.2) is 43.4 Å². The van der Waals surface area contributed by atoms with Gasteiger partial charge in [0.1, 0.15) is 5.56 Å². The first-order valence-electron chi connectivity index (χ1n) is 6.25. The van der Waals surface area contributed by atoms with Crippen LogP contribution < -0.4 is 0 Å². The lowest BCUT2D eigenvalue weighted by molar-refractivity contribution is 0.0507. The van der Waals surface area contributed by atoms with E-state index < -0.39 is 11.9 Å². The van der Waals surface area contributed by atoms with E-state index in [0.29, 0.717) is 11.4 Å². The average molecular weight is 290 g/mol. The molecule has 2 aromatic heterocycles.